The first-order valence-electron chi connectivity index (χ1n) is 6.00. The fraction of sp³-hybridized carbons (Fsp3) is 0.429. The minimum Gasteiger partial charge on any atom is -0.342 e. The Morgan fingerprint density at radius 1 is 1.50 bits per heavy atom. The second kappa shape index (κ2) is 6.77. The van der Waals surface area contributed by atoms with Gasteiger partial charge in [-0.1, -0.05) is 12.1 Å². The number of nitrogens with zero attached hydrogens (tertiary/aromatic N) is 2. The SMILES string of the molecule is CC(C)N(C)C(=O)CNCc1cccc(C#N)c1. The van der Waals surface area contributed by atoms with Crippen LogP contribution in [0.3, 0.4) is 0 Å². The summed E-state index contributed by atoms with van der Waals surface area (Å²) < 4.78 is 0. The van der Waals surface area contributed by atoms with Crippen LogP contribution in [-0.2, 0) is 11.3 Å². The van der Waals surface area contributed by atoms with Crippen molar-refractivity contribution < 1.29 is 4.79 Å². The minimum atomic E-state index is 0.0708. The molecule has 4 heteroatoms. The molecule has 1 aromatic rings. The van der Waals surface area contributed by atoms with Crippen LogP contribution in [-0.4, -0.2) is 30.4 Å². The highest BCUT2D eigenvalue weighted by Gasteiger charge is 2.10. The number of amides is 1. The van der Waals surface area contributed by atoms with E-state index in [0.717, 1.165) is 5.56 Å². The van der Waals surface area contributed by atoms with Gasteiger partial charge in [0.2, 0.25) is 5.91 Å². The quantitative estimate of drug-likeness (QED) is 0.855. The summed E-state index contributed by atoms with van der Waals surface area (Å²) in [5, 5.41) is 11.9. The van der Waals surface area contributed by atoms with Crippen molar-refractivity contribution >= 4 is 5.91 Å². The highest BCUT2D eigenvalue weighted by Crippen LogP contribution is 2.03. The Labute approximate surface area is 108 Å². The first kappa shape index (κ1) is 14.2. The summed E-state index contributed by atoms with van der Waals surface area (Å²) in [6.07, 6.45) is 0. The molecule has 4 nitrogen and oxygen atoms in total. The van der Waals surface area contributed by atoms with Gasteiger partial charge in [-0.05, 0) is 31.5 Å². The molecule has 1 amide bonds. The first-order chi connectivity index (χ1) is 8.54. The molecule has 0 aliphatic rings. The van der Waals surface area contributed by atoms with Crippen molar-refractivity contribution in [3.63, 3.8) is 0 Å². The first-order valence-corrected chi connectivity index (χ1v) is 6.00. The van der Waals surface area contributed by atoms with Crippen LogP contribution in [0.25, 0.3) is 0 Å². The summed E-state index contributed by atoms with van der Waals surface area (Å²) >= 11 is 0. The molecule has 0 bridgehead atoms. The number of nitrogens with one attached hydrogen (secondary N) is 1. The third kappa shape index (κ3) is 4.19. The summed E-state index contributed by atoms with van der Waals surface area (Å²) in [5.74, 6) is 0.0708. The average Bonchev–Trinajstić information content (AvgIpc) is 2.37. The zero-order chi connectivity index (χ0) is 13.5. The van der Waals surface area contributed by atoms with Crippen LogP contribution in [0.1, 0.15) is 25.0 Å². The molecule has 0 saturated heterocycles. The predicted octanol–water partition coefficient (Wildman–Crippen LogP) is 1.51. The Hall–Kier alpha value is -1.86. The van der Waals surface area contributed by atoms with Crippen LogP contribution >= 0.6 is 0 Å². The molecule has 1 aromatic carbocycles. The van der Waals surface area contributed by atoms with Crippen molar-refractivity contribution in [3.8, 4) is 6.07 Å². The lowest BCUT2D eigenvalue weighted by atomic mass is 10.1. The van der Waals surface area contributed by atoms with Crippen molar-refractivity contribution in [2.45, 2.75) is 26.4 Å². The summed E-state index contributed by atoms with van der Waals surface area (Å²) in [6.45, 7) is 4.86. The molecule has 0 aliphatic heterocycles. The molecule has 1 rings (SSSR count). The maximum atomic E-state index is 11.7. The molecule has 1 N–H and O–H groups in total. The van der Waals surface area contributed by atoms with Gasteiger partial charge in [-0.3, -0.25) is 4.79 Å². The lowest BCUT2D eigenvalue weighted by molar-refractivity contribution is -0.130. The van der Waals surface area contributed by atoms with Gasteiger partial charge in [-0.15, -0.1) is 0 Å². The van der Waals surface area contributed by atoms with E-state index in [1.165, 1.54) is 0 Å². The predicted molar refractivity (Wildman–Crippen MR) is 70.8 cm³/mol. The number of rotatable bonds is 5. The fourth-order valence-electron chi connectivity index (χ4n) is 1.48. The Kier molecular flexibility index (Phi) is 5.34. The third-order valence-electron chi connectivity index (χ3n) is 2.83. The lowest BCUT2D eigenvalue weighted by Gasteiger charge is -2.21. The number of likely N-dealkylation sites (N-methyl/N-ethyl adjacent to an activating group) is 1. The van der Waals surface area contributed by atoms with Crippen molar-refractivity contribution in [2.75, 3.05) is 13.6 Å². The summed E-state index contributed by atoms with van der Waals surface area (Å²) in [6, 6.07) is 9.67. The van der Waals surface area contributed by atoms with Crippen LogP contribution in [0.4, 0.5) is 0 Å². The van der Waals surface area contributed by atoms with E-state index in [1.54, 1.807) is 18.0 Å². The average molecular weight is 245 g/mol. The van der Waals surface area contributed by atoms with Crippen molar-refractivity contribution in [3.05, 3.63) is 35.4 Å². The van der Waals surface area contributed by atoms with Gasteiger partial charge in [0, 0.05) is 19.6 Å². The number of nitriles is 1. The number of hydrogen-bond donors (Lipinski definition) is 1. The summed E-state index contributed by atoms with van der Waals surface area (Å²) in [4.78, 5) is 13.4. The molecule has 0 saturated carbocycles. The fourth-order valence-corrected chi connectivity index (χ4v) is 1.48. The van der Waals surface area contributed by atoms with Crippen LogP contribution in [0.2, 0.25) is 0 Å². The van der Waals surface area contributed by atoms with Gasteiger partial charge in [-0.25, -0.2) is 0 Å². The van der Waals surface area contributed by atoms with E-state index in [1.807, 2.05) is 32.0 Å². The third-order valence-corrected chi connectivity index (χ3v) is 2.83. The van der Waals surface area contributed by atoms with Crippen LogP contribution < -0.4 is 5.32 Å². The molecule has 0 aromatic heterocycles. The van der Waals surface area contributed by atoms with E-state index in [2.05, 4.69) is 11.4 Å². The molecule has 0 fully saturated rings. The Morgan fingerprint density at radius 2 is 2.22 bits per heavy atom. The van der Waals surface area contributed by atoms with Gasteiger partial charge in [0.1, 0.15) is 0 Å². The van der Waals surface area contributed by atoms with E-state index < -0.39 is 0 Å². The van der Waals surface area contributed by atoms with Crippen LogP contribution in [0.5, 0.6) is 0 Å². The van der Waals surface area contributed by atoms with Crippen LogP contribution in [0, 0.1) is 11.3 Å². The molecule has 0 heterocycles. The molecule has 0 spiro atoms. The molecule has 0 unspecified atom stereocenters. The highest BCUT2D eigenvalue weighted by molar-refractivity contribution is 5.78. The molecular formula is C14H19N3O. The Morgan fingerprint density at radius 3 is 2.83 bits per heavy atom. The molecule has 96 valence electrons. The van der Waals surface area contributed by atoms with Gasteiger partial charge < -0.3 is 10.2 Å². The van der Waals surface area contributed by atoms with E-state index in [0.29, 0.717) is 18.7 Å². The maximum absolute atomic E-state index is 11.7. The lowest BCUT2D eigenvalue weighted by Crippen LogP contribution is -2.39. The molecular weight excluding hydrogens is 226 g/mol. The number of carbonyl (C=O) groups excluding carboxylic acids is 1. The zero-order valence-corrected chi connectivity index (χ0v) is 11.1. The van der Waals surface area contributed by atoms with Gasteiger partial charge in [0.05, 0.1) is 18.2 Å². The molecule has 0 atom stereocenters. The molecule has 18 heavy (non-hydrogen) atoms. The highest BCUT2D eigenvalue weighted by atomic mass is 16.2. The second-order valence-electron chi connectivity index (χ2n) is 4.51. The summed E-state index contributed by atoms with van der Waals surface area (Å²) in [5.41, 5.74) is 1.65. The Balaban J connectivity index is 2.42. The van der Waals surface area contributed by atoms with Gasteiger partial charge in [-0.2, -0.15) is 5.26 Å². The monoisotopic (exact) mass is 245 g/mol. The molecule has 0 radical (unpaired) electrons. The number of carbonyl (C=O) groups is 1. The largest absolute Gasteiger partial charge is 0.342 e. The number of hydrogen-bond acceptors (Lipinski definition) is 3. The van der Waals surface area contributed by atoms with E-state index >= 15 is 0 Å². The van der Waals surface area contributed by atoms with Gasteiger partial charge in [0.15, 0.2) is 0 Å². The topological polar surface area (TPSA) is 56.1 Å². The Bertz CT molecular complexity index is 449. The van der Waals surface area contributed by atoms with Gasteiger partial charge in [0.25, 0.3) is 0 Å². The standard InChI is InChI=1S/C14H19N3O/c1-11(2)17(3)14(18)10-16-9-13-6-4-5-12(7-13)8-15/h4-7,11,16H,9-10H2,1-3H3. The van der Waals surface area contributed by atoms with Crippen LogP contribution in [0.15, 0.2) is 24.3 Å². The molecule has 0 aliphatic carbocycles. The number of benzene rings is 1. The second-order valence-corrected chi connectivity index (χ2v) is 4.51. The van der Waals surface area contributed by atoms with Crippen molar-refractivity contribution in [1.29, 1.82) is 5.26 Å². The van der Waals surface area contributed by atoms with E-state index in [4.69, 9.17) is 5.26 Å². The normalized spacial score (nSPS) is 10.2. The maximum Gasteiger partial charge on any atom is 0.236 e. The minimum absolute atomic E-state index is 0.0708. The van der Waals surface area contributed by atoms with E-state index in [9.17, 15) is 4.79 Å². The van der Waals surface area contributed by atoms with Crippen molar-refractivity contribution in [1.82, 2.24) is 10.2 Å². The zero-order valence-electron chi connectivity index (χ0n) is 11.1. The van der Waals surface area contributed by atoms with E-state index in [-0.39, 0.29) is 11.9 Å². The smallest absolute Gasteiger partial charge is 0.236 e. The summed E-state index contributed by atoms with van der Waals surface area (Å²) in [7, 11) is 1.80. The van der Waals surface area contributed by atoms with Gasteiger partial charge >= 0.3 is 0 Å². The van der Waals surface area contributed by atoms with Crippen molar-refractivity contribution in [2.24, 2.45) is 0 Å².